The molecule has 1 amide bonds. The Bertz CT molecular complexity index is 505. The van der Waals surface area contributed by atoms with Crippen LogP contribution in [0.1, 0.15) is 37.6 Å². The van der Waals surface area contributed by atoms with Gasteiger partial charge in [0.05, 0.1) is 6.04 Å². The molecule has 0 aliphatic rings. The molecule has 0 saturated heterocycles. The van der Waals surface area contributed by atoms with Gasteiger partial charge in [-0.05, 0) is 17.4 Å². The molecule has 0 spiro atoms. The van der Waals surface area contributed by atoms with Gasteiger partial charge in [-0.3, -0.25) is 4.79 Å². The highest BCUT2D eigenvalue weighted by Crippen LogP contribution is 2.30. The molecule has 2 aromatic rings. The van der Waals surface area contributed by atoms with Gasteiger partial charge in [-0.1, -0.05) is 32.8 Å². The molecular weight excluding hydrogens is 272 g/mol. The predicted octanol–water partition coefficient (Wildman–Crippen LogP) is 2.63. The Morgan fingerprint density at radius 1 is 1.45 bits per heavy atom. The lowest BCUT2D eigenvalue weighted by atomic mass is 9.93. The number of nitrogens with zero attached hydrogens (tertiary/aromatic N) is 3. The van der Waals surface area contributed by atoms with Crippen LogP contribution in [0.4, 0.5) is 0 Å². The van der Waals surface area contributed by atoms with E-state index in [1.807, 2.05) is 11.4 Å². The number of rotatable bonds is 7. The van der Waals surface area contributed by atoms with E-state index >= 15 is 0 Å². The van der Waals surface area contributed by atoms with E-state index in [-0.39, 0.29) is 18.5 Å². The van der Waals surface area contributed by atoms with Crippen molar-refractivity contribution in [1.82, 2.24) is 20.1 Å². The minimum atomic E-state index is -0.0270. The Morgan fingerprint density at radius 3 is 2.80 bits per heavy atom. The van der Waals surface area contributed by atoms with Crippen LogP contribution in [0.15, 0.2) is 30.2 Å². The molecule has 2 aromatic heterocycles. The second-order valence-electron chi connectivity index (χ2n) is 4.73. The molecular formula is C14H20N4OS. The van der Waals surface area contributed by atoms with E-state index in [0.29, 0.717) is 5.92 Å². The largest absolute Gasteiger partial charge is 0.347 e. The average Bonchev–Trinajstić information content (AvgIpc) is 3.11. The summed E-state index contributed by atoms with van der Waals surface area (Å²) in [5, 5.41) is 9.15. The highest BCUT2D eigenvalue weighted by Gasteiger charge is 2.23. The first-order chi connectivity index (χ1) is 9.74. The summed E-state index contributed by atoms with van der Waals surface area (Å²) in [7, 11) is 0. The van der Waals surface area contributed by atoms with Gasteiger partial charge in [0.1, 0.15) is 19.2 Å². The zero-order chi connectivity index (χ0) is 14.4. The summed E-state index contributed by atoms with van der Waals surface area (Å²) >= 11 is 1.69. The third-order valence-corrected chi connectivity index (χ3v) is 4.41. The quantitative estimate of drug-likeness (QED) is 0.853. The van der Waals surface area contributed by atoms with Crippen LogP contribution in [0.5, 0.6) is 0 Å². The minimum absolute atomic E-state index is 0.0270. The predicted molar refractivity (Wildman–Crippen MR) is 79.3 cm³/mol. The Hall–Kier alpha value is -1.69. The van der Waals surface area contributed by atoms with Gasteiger partial charge in [-0.15, -0.1) is 11.3 Å². The number of hydrogen-bond donors (Lipinski definition) is 1. The zero-order valence-electron chi connectivity index (χ0n) is 11.8. The maximum absolute atomic E-state index is 12.2. The van der Waals surface area contributed by atoms with Crippen molar-refractivity contribution in [2.24, 2.45) is 5.92 Å². The lowest BCUT2D eigenvalue weighted by Gasteiger charge is -2.25. The highest BCUT2D eigenvalue weighted by molar-refractivity contribution is 7.10. The van der Waals surface area contributed by atoms with Crippen molar-refractivity contribution in [3.8, 4) is 0 Å². The summed E-state index contributed by atoms with van der Waals surface area (Å²) in [4.78, 5) is 17.2. The first-order valence-corrected chi connectivity index (χ1v) is 7.77. The molecule has 6 heteroatoms. The number of hydrogen-bond acceptors (Lipinski definition) is 4. The molecule has 2 heterocycles. The Labute approximate surface area is 123 Å². The van der Waals surface area contributed by atoms with Crippen molar-refractivity contribution < 1.29 is 4.79 Å². The average molecular weight is 292 g/mol. The zero-order valence-corrected chi connectivity index (χ0v) is 12.6. The number of carbonyl (C=O) groups excluding carboxylic acids is 1. The van der Waals surface area contributed by atoms with E-state index in [1.54, 1.807) is 17.7 Å². The number of aromatic nitrogens is 3. The van der Waals surface area contributed by atoms with Crippen molar-refractivity contribution in [3.63, 3.8) is 0 Å². The summed E-state index contributed by atoms with van der Waals surface area (Å²) < 4.78 is 1.54. The second kappa shape index (κ2) is 7.19. The Balaban J connectivity index is 2.05. The van der Waals surface area contributed by atoms with Crippen molar-refractivity contribution >= 4 is 17.2 Å². The molecule has 1 atom stereocenters. The van der Waals surface area contributed by atoms with Gasteiger partial charge in [-0.2, -0.15) is 5.10 Å². The van der Waals surface area contributed by atoms with E-state index in [1.165, 1.54) is 15.9 Å². The molecule has 108 valence electrons. The highest BCUT2D eigenvalue weighted by atomic mass is 32.1. The van der Waals surface area contributed by atoms with Crippen LogP contribution < -0.4 is 5.32 Å². The minimum Gasteiger partial charge on any atom is -0.347 e. The maximum Gasteiger partial charge on any atom is 0.242 e. The van der Waals surface area contributed by atoms with E-state index in [2.05, 4.69) is 35.3 Å². The molecule has 0 radical (unpaired) electrons. The van der Waals surface area contributed by atoms with Crippen molar-refractivity contribution in [2.45, 2.75) is 39.3 Å². The molecule has 0 aromatic carbocycles. The van der Waals surface area contributed by atoms with Crippen LogP contribution in [0, 0.1) is 5.92 Å². The summed E-state index contributed by atoms with van der Waals surface area (Å²) in [6, 6.07) is 4.20. The van der Waals surface area contributed by atoms with Gasteiger partial charge >= 0.3 is 0 Å². The molecule has 2 rings (SSSR count). The van der Waals surface area contributed by atoms with Crippen LogP contribution in [0.3, 0.4) is 0 Å². The molecule has 0 fully saturated rings. The molecule has 0 saturated carbocycles. The SMILES string of the molecule is CCC(CC)[C@H](NC(=O)Cn1cncn1)c1cccs1. The van der Waals surface area contributed by atoms with Crippen molar-refractivity contribution in [1.29, 1.82) is 0 Å². The summed E-state index contributed by atoms with van der Waals surface area (Å²) in [6.07, 6.45) is 5.08. The topological polar surface area (TPSA) is 59.8 Å². The Kier molecular flexibility index (Phi) is 5.29. The molecule has 0 aliphatic carbocycles. The van der Waals surface area contributed by atoms with E-state index < -0.39 is 0 Å². The van der Waals surface area contributed by atoms with E-state index in [9.17, 15) is 4.79 Å². The fourth-order valence-corrected chi connectivity index (χ4v) is 3.20. The van der Waals surface area contributed by atoms with Crippen molar-refractivity contribution in [2.75, 3.05) is 0 Å². The summed E-state index contributed by atoms with van der Waals surface area (Å²) in [5.41, 5.74) is 0. The van der Waals surface area contributed by atoms with E-state index in [4.69, 9.17) is 0 Å². The van der Waals surface area contributed by atoms with Crippen LogP contribution >= 0.6 is 11.3 Å². The molecule has 1 N–H and O–H groups in total. The molecule has 0 unspecified atom stereocenters. The van der Waals surface area contributed by atoms with Gasteiger partial charge in [0.15, 0.2) is 0 Å². The number of nitrogens with one attached hydrogen (secondary N) is 1. The standard InChI is InChI=1S/C14H20N4OS/c1-3-11(4-2)14(12-6-5-7-20-12)17-13(19)8-18-10-15-9-16-18/h5-7,9-11,14H,3-4,8H2,1-2H3,(H,17,19)/t14-/m0/s1. The van der Waals surface area contributed by atoms with Gasteiger partial charge in [0.2, 0.25) is 5.91 Å². The normalized spacial score (nSPS) is 12.6. The lowest BCUT2D eigenvalue weighted by Crippen LogP contribution is -2.35. The second-order valence-corrected chi connectivity index (χ2v) is 5.71. The maximum atomic E-state index is 12.2. The molecule has 5 nitrogen and oxygen atoms in total. The van der Waals surface area contributed by atoms with Crippen LogP contribution in [-0.4, -0.2) is 20.7 Å². The smallest absolute Gasteiger partial charge is 0.242 e. The third-order valence-electron chi connectivity index (χ3n) is 3.46. The van der Waals surface area contributed by atoms with Gasteiger partial charge < -0.3 is 5.32 Å². The Morgan fingerprint density at radius 2 is 2.25 bits per heavy atom. The number of carbonyl (C=O) groups is 1. The van der Waals surface area contributed by atoms with Crippen molar-refractivity contribution in [3.05, 3.63) is 35.0 Å². The van der Waals surface area contributed by atoms with Crippen LogP contribution in [-0.2, 0) is 11.3 Å². The third kappa shape index (κ3) is 3.66. The monoisotopic (exact) mass is 292 g/mol. The first kappa shape index (κ1) is 14.7. The molecule has 20 heavy (non-hydrogen) atoms. The van der Waals surface area contributed by atoms with Crippen LogP contribution in [0.2, 0.25) is 0 Å². The van der Waals surface area contributed by atoms with Crippen LogP contribution in [0.25, 0.3) is 0 Å². The van der Waals surface area contributed by atoms with Gasteiger partial charge in [0.25, 0.3) is 0 Å². The van der Waals surface area contributed by atoms with E-state index in [0.717, 1.165) is 12.8 Å². The van der Waals surface area contributed by atoms with Gasteiger partial charge in [0, 0.05) is 4.88 Å². The number of amides is 1. The lowest BCUT2D eigenvalue weighted by molar-refractivity contribution is -0.123. The molecule has 0 bridgehead atoms. The summed E-state index contributed by atoms with van der Waals surface area (Å²) in [6.45, 7) is 4.54. The fourth-order valence-electron chi connectivity index (χ4n) is 2.33. The fraction of sp³-hybridized carbons (Fsp3) is 0.500. The first-order valence-electron chi connectivity index (χ1n) is 6.89. The molecule has 0 aliphatic heterocycles. The summed E-state index contributed by atoms with van der Waals surface area (Å²) in [5.74, 6) is 0.425. The van der Waals surface area contributed by atoms with Gasteiger partial charge in [-0.25, -0.2) is 9.67 Å². The number of thiophene rings is 1.